The van der Waals surface area contributed by atoms with E-state index in [9.17, 15) is 13.2 Å². The third-order valence-corrected chi connectivity index (χ3v) is 5.00. The molecular formula is C19H32N4O3S. The Morgan fingerprint density at radius 2 is 1.85 bits per heavy atom. The van der Waals surface area contributed by atoms with Crippen molar-refractivity contribution in [2.45, 2.75) is 45.7 Å². The molecule has 1 amide bonds. The number of sulfone groups is 1. The number of nitrogens with zero attached hydrogens (tertiary/aromatic N) is 1. The molecule has 8 heteroatoms. The van der Waals surface area contributed by atoms with Gasteiger partial charge in [0, 0.05) is 38.0 Å². The van der Waals surface area contributed by atoms with Crippen LogP contribution in [0.15, 0.2) is 29.3 Å². The number of rotatable bonds is 10. The van der Waals surface area contributed by atoms with Gasteiger partial charge in [-0.25, -0.2) is 8.42 Å². The molecule has 0 fully saturated rings. The first kappa shape index (κ1) is 23.0. The van der Waals surface area contributed by atoms with E-state index in [1.165, 1.54) is 6.26 Å². The van der Waals surface area contributed by atoms with Gasteiger partial charge >= 0.3 is 0 Å². The van der Waals surface area contributed by atoms with Gasteiger partial charge in [0.2, 0.25) is 0 Å². The van der Waals surface area contributed by atoms with Crippen LogP contribution in [0.1, 0.15) is 49.0 Å². The Morgan fingerprint density at radius 3 is 2.41 bits per heavy atom. The Labute approximate surface area is 163 Å². The first-order valence-electron chi connectivity index (χ1n) is 9.27. The summed E-state index contributed by atoms with van der Waals surface area (Å²) in [6, 6.07) is 7.41. The van der Waals surface area contributed by atoms with Crippen LogP contribution in [0.4, 0.5) is 0 Å². The molecule has 0 spiro atoms. The summed E-state index contributed by atoms with van der Waals surface area (Å²) in [7, 11) is -1.30. The molecule has 0 aromatic heterocycles. The minimum atomic E-state index is -2.97. The second-order valence-corrected chi connectivity index (χ2v) is 8.96. The van der Waals surface area contributed by atoms with Crippen molar-refractivity contribution in [3.63, 3.8) is 0 Å². The van der Waals surface area contributed by atoms with Crippen molar-refractivity contribution in [2.24, 2.45) is 4.99 Å². The van der Waals surface area contributed by atoms with Gasteiger partial charge in [0.1, 0.15) is 9.84 Å². The van der Waals surface area contributed by atoms with Crippen LogP contribution in [-0.2, 0) is 16.4 Å². The lowest BCUT2D eigenvalue weighted by Crippen LogP contribution is -2.42. The van der Waals surface area contributed by atoms with Gasteiger partial charge in [0.15, 0.2) is 5.96 Å². The Balaban J connectivity index is 2.47. The molecule has 27 heavy (non-hydrogen) atoms. The van der Waals surface area contributed by atoms with Gasteiger partial charge < -0.3 is 16.0 Å². The smallest absolute Gasteiger partial charge is 0.251 e. The minimum Gasteiger partial charge on any atom is -0.354 e. The number of benzene rings is 1. The highest BCUT2D eigenvalue weighted by molar-refractivity contribution is 7.90. The zero-order valence-electron chi connectivity index (χ0n) is 16.7. The number of unbranched alkanes of at least 4 members (excludes halogenated alkanes) is 1. The van der Waals surface area contributed by atoms with Crippen LogP contribution in [0.2, 0.25) is 0 Å². The maximum absolute atomic E-state index is 12.0. The average Bonchev–Trinajstić information content (AvgIpc) is 2.63. The molecule has 0 radical (unpaired) electrons. The Hall–Kier alpha value is -2.09. The maximum atomic E-state index is 12.0. The van der Waals surface area contributed by atoms with Gasteiger partial charge in [-0.05, 0) is 37.5 Å². The van der Waals surface area contributed by atoms with Crippen molar-refractivity contribution in [1.82, 2.24) is 16.0 Å². The van der Waals surface area contributed by atoms with E-state index in [0.29, 0.717) is 31.0 Å². The fourth-order valence-electron chi connectivity index (χ4n) is 2.33. The lowest BCUT2D eigenvalue weighted by molar-refractivity contribution is 0.0953. The molecule has 0 aliphatic rings. The van der Waals surface area contributed by atoms with Crippen LogP contribution < -0.4 is 16.0 Å². The molecule has 0 bridgehead atoms. The fraction of sp³-hybridized carbons (Fsp3) is 0.579. The molecule has 0 saturated heterocycles. The van der Waals surface area contributed by atoms with Crippen LogP contribution in [0.25, 0.3) is 0 Å². The number of carbonyl (C=O) groups excluding carboxylic acids is 1. The van der Waals surface area contributed by atoms with Crippen molar-refractivity contribution in [1.29, 1.82) is 0 Å². The largest absolute Gasteiger partial charge is 0.354 e. The third kappa shape index (κ3) is 9.98. The number of carbonyl (C=O) groups is 1. The zero-order chi connectivity index (χ0) is 20.3. The van der Waals surface area contributed by atoms with Gasteiger partial charge in [0.25, 0.3) is 5.91 Å². The average molecular weight is 397 g/mol. The van der Waals surface area contributed by atoms with Crippen molar-refractivity contribution >= 4 is 21.7 Å². The quantitative estimate of drug-likeness (QED) is 0.318. The highest BCUT2D eigenvalue weighted by Crippen LogP contribution is 2.05. The second-order valence-electron chi connectivity index (χ2n) is 6.70. The first-order chi connectivity index (χ1) is 12.7. The summed E-state index contributed by atoms with van der Waals surface area (Å²) in [6.07, 6.45) is 3.78. The summed E-state index contributed by atoms with van der Waals surface area (Å²) < 4.78 is 22.5. The predicted molar refractivity (Wildman–Crippen MR) is 111 cm³/mol. The number of nitrogens with one attached hydrogen (secondary N) is 3. The van der Waals surface area contributed by atoms with Gasteiger partial charge in [-0.1, -0.05) is 25.5 Å². The molecule has 1 rings (SSSR count). The van der Waals surface area contributed by atoms with Crippen LogP contribution in [0.5, 0.6) is 0 Å². The van der Waals surface area contributed by atoms with Crippen LogP contribution in [0, 0.1) is 0 Å². The van der Waals surface area contributed by atoms with Crippen molar-refractivity contribution in [3.8, 4) is 0 Å². The normalized spacial score (nSPS) is 13.1. The van der Waals surface area contributed by atoms with Gasteiger partial charge in [-0.15, -0.1) is 0 Å². The van der Waals surface area contributed by atoms with E-state index in [0.717, 1.165) is 18.4 Å². The molecule has 1 aromatic carbocycles. The number of hydrogen-bond acceptors (Lipinski definition) is 4. The molecule has 0 saturated carbocycles. The zero-order valence-corrected chi connectivity index (χ0v) is 17.5. The van der Waals surface area contributed by atoms with E-state index in [1.807, 2.05) is 31.2 Å². The summed E-state index contributed by atoms with van der Waals surface area (Å²) in [4.78, 5) is 16.2. The van der Waals surface area contributed by atoms with E-state index in [1.54, 1.807) is 7.05 Å². The fourth-order valence-corrected chi connectivity index (χ4v) is 3.11. The van der Waals surface area contributed by atoms with E-state index >= 15 is 0 Å². The third-order valence-electron chi connectivity index (χ3n) is 4.02. The highest BCUT2D eigenvalue weighted by Gasteiger charge is 2.10. The van der Waals surface area contributed by atoms with Crippen LogP contribution >= 0.6 is 0 Å². The summed E-state index contributed by atoms with van der Waals surface area (Å²) in [5.41, 5.74) is 1.67. The maximum Gasteiger partial charge on any atom is 0.251 e. The summed E-state index contributed by atoms with van der Waals surface area (Å²) in [5.74, 6) is 0.692. The summed E-state index contributed by atoms with van der Waals surface area (Å²) in [6.45, 7) is 5.25. The van der Waals surface area contributed by atoms with Crippen molar-refractivity contribution in [3.05, 3.63) is 35.4 Å². The summed E-state index contributed by atoms with van der Waals surface area (Å²) >= 11 is 0. The monoisotopic (exact) mass is 396 g/mol. The number of hydrogen-bond donors (Lipinski definition) is 3. The molecule has 152 valence electrons. The molecule has 3 N–H and O–H groups in total. The molecule has 1 unspecified atom stereocenters. The summed E-state index contributed by atoms with van der Waals surface area (Å²) in [5, 5.41) is 9.27. The van der Waals surface area contributed by atoms with Crippen LogP contribution in [0.3, 0.4) is 0 Å². The predicted octanol–water partition coefficient (Wildman–Crippen LogP) is 1.70. The van der Waals surface area contributed by atoms with E-state index in [-0.39, 0.29) is 17.7 Å². The Morgan fingerprint density at radius 1 is 1.19 bits per heavy atom. The lowest BCUT2D eigenvalue weighted by Gasteiger charge is -2.17. The number of guanidine groups is 1. The first-order valence-corrected chi connectivity index (χ1v) is 11.3. The molecule has 0 heterocycles. The van der Waals surface area contributed by atoms with Gasteiger partial charge in [-0.3, -0.25) is 9.79 Å². The van der Waals surface area contributed by atoms with Crippen molar-refractivity contribution < 1.29 is 13.2 Å². The molecular weight excluding hydrogens is 364 g/mol. The molecule has 1 aromatic rings. The highest BCUT2D eigenvalue weighted by atomic mass is 32.2. The van der Waals surface area contributed by atoms with Crippen LogP contribution in [-0.4, -0.2) is 51.9 Å². The SMILES string of the molecule is CCCCNC(=O)c1ccc(CNC(=NC)NC(C)CCS(C)(=O)=O)cc1. The van der Waals surface area contributed by atoms with Crippen molar-refractivity contribution in [2.75, 3.05) is 25.6 Å². The molecule has 7 nitrogen and oxygen atoms in total. The van der Waals surface area contributed by atoms with E-state index in [4.69, 9.17) is 0 Å². The lowest BCUT2D eigenvalue weighted by atomic mass is 10.1. The standard InChI is InChI=1S/C19H32N4O3S/c1-5-6-12-21-18(24)17-9-7-16(8-10-17)14-22-19(20-3)23-15(2)11-13-27(4,25)26/h7-10,15H,5-6,11-14H2,1-4H3,(H,21,24)(H2,20,22,23). The topological polar surface area (TPSA) is 99.7 Å². The number of aliphatic imine (C=N–C) groups is 1. The molecule has 1 atom stereocenters. The molecule has 0 aliphatic heterocycles. The second kappa shape index (κ2) is 11.6. The minimum absolute atomic E-state index is 0.0138. The Bertz CT molecular complexity index is 715. The Kier molecular flexibility index (Phi) is 9.85. The van der Waals surface area contributed by atoms with E-state index < -0.39 is 9.84 Å². The van der Waals surface area contributed by atoms with Gasteiger partial charge in [-0.2, -0.15) is 0 Å². The van der Waals surface area contributed by atoms with E-state index in [2.05, 4.69) is 27.9 Å². The molecule has 0 aliphatic carbocycles. The number of amides is 1. The van der Waals surface area contributed by atoms with Gasteiger partial charge in [0.05, 0.1) is 5.75 Å².